The van der Waals surface area contributed by atoms with E-state index >= 15 is 0 Å². The van der Waals surface area contributed by atoms with Crippen molar-refractivity contribution in [2.24, 2.45) is 0 Å². The van der Waals surface area contributed by atoms with E-state index < -0.39 is 0 Å². The van der Waals surface area contributed by atoms with Crippen molar-refractivity contribution in [2.75, 3.05) is 44.3 Å². The molecule has 9 heteroatoms. The number of amides is 1. The maximum atomic E-state index is 12.9. The number of hydrogen-bond donors (Lipinski definition) is 0. The second kappa shape index (κ2) is 7.40. The number of carbonyl (C=O) groups excluding carboxylic acids is 1. The van der Waals surface area contributed by atoms with E-state index in [1.165, 1.54) is 0 Å². The van der Waals surface area contributed by atoms with Crippen LogP contribution < -0.4 is 4.90 Å². The van der Waals surface area contributed by atoms with Gasteiger partial charge in [-0.2, -0.15) is 5.10 Å². The Balaban J connectivity index is 1.39. The lowest BCUT2D eigenvalue weighted by Crippen LogP contribution is -2.40. The maximum absolute atomic E-state index is 12.9. The van der Waals surface area contributed by atoms with Crippen LogP contribution in [0.4, 0.5) is 5.82 Å². The van der Waals surface area contributed by atoms with Gasteiger partial charge in [0.2, 0.25) is 0 Å². The molecule has 2 aliphatic heterocycles. The van der Waals surface area contributed by atoms with Gasteiger partial charge in [0.25, 0.3) is 5.91 Å². The number of fused-ring (bicyclic) bond motifs is 1. The fourth-order valence-electron chi connectivity index (χ4n) is 4.00. The van der Waals surface area contributed by atoms with Crippen LogP contribution in [-0.4, -0.2) is 75.0 Å². The molecule has 3 aromatic heterocycles. The zero-order valence-electron chi connectivity index (χ0n) is 16.4. The molecule has 0 aliphatic carbocycles. The molecule has 0 aromatic carbocycles. The average molecular weight is 393 g/mol. The first kappa shape index (κ1) is 18.0. The quantitative estimate of drug-likeness (QED) is 0.662. The monoisotopic (exact) mass is 393 g/mol. The molecule has 2 aliphatic rings. The summed E-state index contributed by atoms with van der Waals surface area (Å²) in [6.07, 6.45) is 2.83. The minimum Gasteiger partial charge on any atom is -0.378 e. The van der Waals surface area contributed by atoms with Gasteiger partial charge in [-0.1, -0.05) is 0 Å². The van der Waals surface area contributed by atoms with E-state index in [9.17, 15) is 4.79 Å². The third-order valence-electron chi connectivity index (χ3n) is 5.64. The summed E-state index contributed by atoms with van der Waals surface area (Å²) in [5.74, 6) is 2.02. The van der Waals surface area contributed by atoms with Crippen molar-refractivity contribution < 1.29 is 9.53 Å². The summed E-state index contributed by atoms with van der Waals surface area (Å²) in [4.78, 5) is 16.9. The molecule has 2 fully saturated rings. The number of nitrogens with zero attached hydrogens (tertiary/aromatic N) is 7. The zero-order chi connectivity index (χ0) is 19.8. The normalized spacial score (nSPS) is 19.8. The Kier molecular flexibility index (Phi) is 4.59. The van der Waals surface area contributed by atoms with Crippen molar-refractivity contribution in [3.05, 3.63) is 47.5 Å². The number of ether oxygens (including phenoxy) is 1. The molecule has 0 radical (unpaired) electrons. The number of pyridine rings is 1. The van der Waals surface area contributed by atoms with E-state index in [0.29, 0.717) is 31.9 Å². The molecule has 1 atom stereocenters. The molecule has 0 bridgehead atoms. The van der Waals surface area contributed by atoms with Gasteiger partial charge in [0.15, 0.2) is 11.5 Å². The first-order valence-corrected chi connectivity index (χ1v) is 9.96. The van der Waals surface area contributed by atoms with Crippen molar-refractivity contribution >= 4 is 17.4 Å². The van der Waals surface area contributed by atoms with Gasteiger partial charge in [-0.15, -0.1) is 15.3 Å². The number of aromatic nitrogens is 5. The number of carbonyl (C=O) groups is 1. The highest BCUT2D eigenvalue weighted by molar-refractivity contribution is 5.94. The van der Waals surface area contributed by atoms with E-state index in [1.807, 2.05) is 46.7 Å². The average Bonchev–Trinajstić information content (AvgIpc) is 3.41. The Labute approximate surface area is 168 Å². The molecule has 9 nitrogen and oxygen atoms in total. The molecular weight excluding hydrogens is 370 g/mol. The Morgan fingerprint density at radius 1 is 1.03 bits per heavy atom. The summed E-state index contributed by atoms with van der Waals surface area (Å²) in [6, 6.07) is 7.67. The van der Waals surface area contributed by atoms with Crippen LogP contribution in [0.5, 0.6) is 0 Å². The van der Waals surface area contributed by atoms with Crippen molar-refractivity contribution in [1.82, 2.24) is 29.7 Å². The maximum Gasteiger partial charge on any atom is 0.255 e. The number of aryl methyl sites for hydroxylation is 1. The topological polar surface area (TPSA) is 88.8 Å². The molecule has 29 heavy (non-hydrogen) atoms. The molecule has 0 spiro atoms. The van der Waals surface area contributed by atoms with Crippen LogP contribution in [0.3, 0.4) is 0 Å². The van der Waals surface area contributed by atoms with Gasteiger partial charge in [-0.05, 0) is 37.6 Å². The van der Waals surface area contributed by atoms with Crippen LogP contribution in [0.2, 0.25) is 0 Å². The fraction of sp³-hybridized carbons (Fsp3) is 0.450. The minimum atomic E-state index is 0.0258. The molecule has 2 saturated heterocycles. The van der Waals surface area contributed by atoms with Crippen LogP contribution in [0.25, 0.3) is 5.65 Å². The van der Waals surface area contributed by atoms with Crippen molar-refractivity contribution in [2.45, 2.75) is 19.3 Å². The second-order valence-electron chi connectivity index (χ2n) is 7.57. The summed E-state index contributed by atoms with van der Waals surface area (Å²) in [7, 11) is 0. The highest BCUT2D eigenvalue weighted by Crippen LogP contribution is 2.29. The van der Waals surface area contributed by atoms with Gasteiger partial charge < -0.3 is 14.5 Å². The third kappa shape index (κ3) is 3.42. The van der Waals surface area contributed by atoms with Gasteiger partial charge in [0, 0.05) is 38.3 Å². The number of hydrogen-bond acceptors (Lipinski definition) is 7. The first-order chi connectivity index (χ1) is 14.2. The predicted molar refractivity (Wildman–Crippen MR) is 106 cm³/mol. The lowest BCUT2D eigenvalue weighted by Gasteiger charge is -2.26. The van der Waals surface area contributed by atoms with Gasteiger partial charge in [-0.3, -0.25) is 9.20 Å². The highest BCUT2D eigenvalue weighted by Gasteiger charge is 2.29. The van der Waals surface area contributed by atoms with E-state index in [1.54, 1.807) is 0 Å². The Hall–Kier alpha value is -3.07. The summed E-state index contributed by atoms with van der Waals surface area (Å²) >= 11 is 0. The summed E-state index contributed by atoms with van der Waals surface area (Å²) in [5, 5.41) is 17.2. The first-order valence-electron chi connectivity index (χ1n) is 9.96. The SMILES string of the molecule is Cc1ccc(N2CC[C@H](c3nnc4ccc(C(=O)N5CCOCC5)cn34)C2)nn1. The van der Waals surface area contributed by atoms with E-state index in [0.717, 1.165) is 42.5 Å². The van der Waals surface area contributed by atoms with Crippen LogP contribution in [0.1, 0.15) is 34.2 Å². The van der Waals surface area contributed by atoms with Crippen molar-refractivity contribution in [1.29, 1.82) is 0 Å². The minimum absolute atomic E-state index is 0.0258. The van der Waals surface area contributed by atoms with E-state index in [2.05, 4.69) is 25.3 Å². The highest BCUT2D eigenvalue weighted by atomic mass is 16.5. The summed E-state index contributed by atoms with van der Waals surface area (Å²) in [5.41, 5.74) is 2.32. The standard InChI is InChI=1S/C20H23N7O2/c1-14-2-4-17(22-21-14)26-7-6-15(12-26)19-24-23-18-5-3-16(13-27(18)19)20(28)25-8-10-29-11-9-25/h2-5,13,15H,6-12H2,1H3/t15-/m0/s1. The molecular formula is C20H23N7O2. The zero-order valence-corrected chi connectivity index (χ0v) is 16.4. The predicted octanol–water partition coefficient (Wildman–Crippen LogP) is 1.29. The summed E-state index contributed by atoms with van der Waals surface area (Å²) < 4.78 is 7.31. The Morgan fingerprint density at radius 3 is 2.69 bits per heavy atom. The van der Waals surface area contributed by atoms with Crippen LogP contribution >= 0.6 is 0 Å². The van der Waals surface area contributed by atoms with Gasteiger partial charge in [0.05, 0.1) is 24.5 Å². The van der Waals surface area contributed by atoms with Gasteiger partial charge in [-0.25, -0.2) is 0 Å². The molecule has 0 saturated carbocycles. The molecule has 1 amide bonds. The Morgan fingerprint density at radius 2 is 1.90 bits per heavy atom. The molecule has 5 rings (SSSR count). The second-order valence-corrected chi connectivity index (χ2v) is 7.57. The van der Waals surface area contributed by atoms with Crippen LogP contribution in [0.15, 0.2) is 30.5 Å². The molecule has 150 valence electrons. The molecule has 0 unspecified atom stereocenters. The lowest BCUT2D eigenvalue weighted by atomic mass is 10.1. The number of morpholine rings is 1. The lowest BCUT2D eigenvalue weighted by molar-refractivity contribution is 0.0302. The fourth-order valence-corrected chi connectivity index (χ4v) is 4.00. The Bertz CT molecular complexity index is 1030. The van der Waals surface area contributed by atoms with E-state index in [4.69, 9.17) is 4.74 Å². The van der Waals surface area contributed by atoms with Crippen molar-refractivity contribution in [3.63, 3.8) is 0 Å². The van der Waals surface area contributed by atoms with Gasteiger partial charge in [0.1, 0.15) is 5.82 Å². The molecule has 5 heterocycles. The van der Waals surface area contributed by atoms with Crippen LogP contribution in [0, 0.1) is 6.92 Å². The molecule has 0 N–H and O–H groups in total. The van der Waals surface area contributed by atoms with Gasteiger partial charge >= 0.3 is 0 Å². The molecule has 3 aromatic rings. The number of anilines is 1. The largest absolute Gasteiger partial charge is 0.378 e. The van der Waals surface area contributed by atoms with Crippen molar-refractivity contribution in [3.8, 4) is 0 Å². The number of rotatable bonds is 3. The van der Waals surface area contributed by atoms with E-state index in [-0.39, 0.29) is 11.8 Å². The summed E-state index contributed by atoms with van der Waals surface area (Å²) in [6.45, 7) is 6.06. The smallest absolute Gasteiger partial charge is 0.255 e. The van der Waals surface area contributed by atoms with Crippen LogP contribution in [-0.2, 0) is 4.74 Å². The third-order valence-corrected chi connectivity index (χ3v) is 5.64.